The predicted molar refractivity (Wildman–Crippen MR) is 144 cm³/mol. The molecule has 0 aliphatic carbocycles. The number of ether oxygens (including phenoxy) is 1. The van der Waals surface area contributed by atoms with Crippen LogP contribution in [0.4, 0.5) is 16.6 Å². The van der Waals surface area contributed by atoms with Crippen molar-refractivity contribution >= 4 is 28.8 Å². The quantitative estimate of drug-likeness (QED) is 0.505. The van der Waals surface area contributed by atoms with E-state index in [1.807, 2.05) is 47.0 Å². The van der Waals surface area contributed by atoms with E-state index < -0.39 is 5.60 Å². The van der Waals surface area contributed by atoms with Crippen molar-refractivity contribution in [3.63, 3.8) is 0 Å². The zero-order valence-electron chi connectivity index (χ0n) is 22.3. The molecule has 9 nitrogen and oxygen atoms in total. The Morgan fingerprint density at radius 1 is 1.25 bits per heavy atom. The SMILES string of the molecule is CNc1nc(-c2ccc3c(C)[nH]nc3c2)cc(N2CC(C)CC(C=CN(C)C(=O)OC(C)(C)C)C2)n1. The van der Waals surface area contributed by atoms with Gasteiger partial charge in [-0.05, 0) is 52.0 Å². The van der Waals surface area contributed by atoms with Crippen molar-refractivity contribution in [2.45, 2.75) is 46.6 Å². The molecule has 9 heteroatoms. The first-order valence-electron chi connectivity index (χ1n) is 12.4. The number of anilines is 2. The van der Waals surface area contributed by atoms with Crippen LogP contribution < -0.4 is 10.2 Å². The number of nitrogens with one attached hydrogen (secondary N) is 2. The Bertz CT molecular complexity index is 1260. The maximum Gasteiger partial charge on any atom is 0.414 e. The Hall–Kier alpha value is -3.62. The van der Waals surface area contributed by atoms with E-state index in [0.717, 1.165) is 53.2 Å². The van der Waals surface area contributed by atoms with Gasteiger partial charge in [0, 0.05) is 56.1 Å². The van der Waals surface area contributed by atoms with Crippen molar-refractivity contribution in [2.75, 3.05) is 37.4 Å². The molecule has 2 unspecified atom stereocenters. The predicted octanol–water partition coefficient (Wildman–Crippen LogP) is 5.21. The van der Waals surface area contributed by atoms with Gasteiger partial charge < -0.3 is 15.0 Å². The normalized spacial score (nSPS) is 18.6. The number of benzene rings is 1. The number of hydrogen-bond donors (Lipinski definition) is 2. The molecule has 2 aromatic heterocycles. The minimum Gasteiger partial charge on any atom is -0.443 e. The molecule has 1 fully saturated rings. The van der Waals surface area contributed by atoms with Gasteiger partial charge in [-0.3, -0.25) is 10.00 Å². The summed E-state index contributed by atoms with van der Waals surface area (Å²) in [6.07, 6.45) is 4.60. The minimum absolute atomic E-state index is 0.276. The third-order valence-corrected chi connectivity index (χ3v) is 6.26. The summed E-state index contributed by atoms with van der Waals surface area (Å²) in [4.78, 5) is 25.6. The molecule has 0 spiro atoms. The Morgan fingerprint density at radius 3 is 2.75 bits per heavy atom. The molecule has 0 bridgehead atoms. The maximum absolute atomic E-state index is 12.3. The van der Waals surface area contributed by atoms with Crippen LogP contribution in [0.15, 0.2) is 36.5 Å². The average molecular weight is 492 g/mol. The summed E-state index contributed by atoms with van der Waals surface area (Å²) >= 11 is 0. The number of aromatic nitrogens is 4. The van der Waals surface area contributed by atoms with Crippen molar-refractivity contribution < 1.29 is 9.53 Å². The molecule has 2 N–H and O–H groups in total. The van der Waals surface area contributed by atoms with Gasteiger partial charge in [-0.25, -0.2) is 9.78 Å². The largest absolute Gasteiger partial charge is 0.443 e. The van der Waals surface area contributed by atoms with Gasteiger partial charge in [-0.2, -0.15) is 10.1 Å². The molecular formula is C27H37N7O2. The van der Waals surface area contributed by atoms with Gasteiger partial charge in [0.25, 0.3) is 0 Å². The van der Waals surface area contributed by atoms with Crippen molar-refractivity contribution in [2.24, 2.45) is 11.8 Å². The van der Waals surface area contributed by atoms with Crippen molar-refractivity contribution in [1.29, 1.82) is 0 Å². The summed E-state index contributed by atoms with van der Waals surface area (Å²) < 4.78 is 5.45. The van der Waals surface area contributed by atoms with Gasteiger partial charge in [-0.1, -0.05) is 25.1 Å². The topological polar surface area (TPSA) is 99.3 Å². The molecule has 192 valence electrons. The smallest absolute Gasteiger partial charge is 0.414 e. The summed E-state index contributed by atoms with van der Waals surface area (Å²) in [5.74, 6) is 2.21. The molecule has 1 amide bonds. The number of hydrogen-bond acceptors (Lipinski definition) is 7. The van der Waals surface area contributed by atoms with Gasteiger partial charge in [0.15, 0.2) is 0 Å². The number of fused-ring (bicyclic) bond motifs is 1. The second-order valence-corrected chi connectivity index (χ2v) is 10.7. The van der Waals surface area contributed by atoms with Gasteiger partial charge >= 0.3 is 6.09 Å². The number of aromatic amines is 1. The van der Waals surface area contributed by atoms with Crippen LogP contribution in [0.5, 0.6) is 0 Å². The fourth-order valence-electron chi connectivity index (χ4n) is 4.53. The van der Waals surface area contributed by atoms with E-state index in [1.165, 1.54) is 4.90 Å². The van der Waals surface area contributed by atoms with Crippen LogP contribution in [0.1, 0.15) is 39.8 Å². The van der Waals surface area contributed by atoms with E-state index in [-0.39, 0.29) is 12.0 Å². The molecule has 36 heavy (non-hydrogen) atoms. The second kappa shape index (κ2) is 10.2. The first-order chi connectivity index (χ1) is 17.0. The molecule has 3 heterocycles. The van der Waals surface area contributed by atoms with Gasteiger partial charge in [0.1, 0.15) is 11.4 Å². The number of amides is 1. The molecule has 3 aromatic rings. The molecule has 1 saturated heterocycles. The van der Waals surface area contributed by atoms with Crippen LogP contribution in [-0.4, -0.2) is 63.9 Å². The lowest BCUT2D eigenvalue weighted by atomic mass is 9.90. The highest BCUT2D eigenvalue weighted by Crippen LogP contribution is 2.31. The number of nitrogens with zero attached hydrogens (tertiary/aromatic N) is 5. The summed E-state index contributed by atoms with van der Waals surface area (Å²) in [7, 11) is 3.56. The lowest BCUT2D eigenvalue weighted by Crippen LogP contribution is -2.40. The summed E-state index contributed by atoms with van der Waals surface area (Å²) in [5, 5.41) is 11.7. The Kier molecular flexibility index (Phi) is 7.19. The van der Waals surface area contributed by atoms with Crippen LogP contribution in [0.2, 0.25) is 0 Å². The second-order valence-electron chi connectivity index (χ2n) is 10.7. The summed E-state index contributed by atoms with van der Waals surface area (Å²) in [6, 6.07) is 8.26. The fraction of sp³-hybridized carbons (Fsp3) is 0.481. The molecule has 1 aromatic carbocycles. The van der Waals surface area contributed by atoms with Gasteiger partial charge in [-0.15, -0.1) is 0 Å². The molecule has 0 saturated carbocycles. The highest BCUT2D eigenvalue weighted by Gasteiger charge is 2.26. The van der Waals surface area contributed by atoms with Gasteiger partial charge in [0.05, 0.1) is 11.2 Å². The number of carbonyl (C=O) groups is 1. The first kappa shape index (κ1) is 25.5. The number of piperidine rings is 1. The van der Waals surface area contributed by atoms with Crippen LogP contribution in [-0.2, 0) is 4.74 Å². The van der Waals surface area contributed by atoms with E-state index in [4.69, 9.17) is 14.7 Å². The number of H-pyrrole nitrogens is 1. The monoisotopic (exact) mass is 491 g/mol. The highest BCUT2D eigenvalue weighted by molar-refractivity contribution is 5.86. The van der Waals surface area contributed by atoms with Gasteiger partial charge in [0.2, 0.25) is 5.95 Å². The Balaban J connectivity index is 1.56. The van der Waals surface area contributed by atoms with E-state index >= 15 is 0 Å². The summed E-state index contributed by atoms with van der Waals surface area (Å²) in [5.41, 5.74) is 3.29. The molecule has 4 rings (SSSR count). The minimum atomic E-state index is -0.522. The molecular weight excluding hydrogens is 454 g/mol. The fourth-order valence-corrected chi connectivity index (χ4v) is 4.53. The molecule has 2 atom stereocenters. The first-order valence-corrected chi connectivity index (χ1v) is 12.4. The van der Waals surface area contributed by atoms with E-state index in [9.17, 15) is 4.79 Å². The Labute approximate surface area is 212 Å². The third kappa shape index (κ3) is 5.95. The maximum atomic E-state index is 12.3. The number of carbonyl (C=O) groups excluding carboxylic acids is 1. The third-order valence-electron chi connectivity index (χ3n) is 6.26. The average Bonchev–Trinajstić information content (AvgIpc) is 3.20. The standard InChI is InChI=1S/C27H37N7O2/c1-17-12-19(10-11-33(7)26(35)36-27(3,4)5)16-34(15-17)24-14-22(29-25(28-6)30-24)20-8-9-21-18(2)31-32-23(21)13-20/h8-11,13-14,17,19H,12,15-16H2,1-7H3,(H,31,32)(H,28,29,30). The highest BCUT2D eigenvalue weighted by atomic mass is 16.6. The van der Waals surface area contributed by atoms with Crippen LogP contribution >= 0.6 is 0 Å². The zero-order valence-corrected chi connectivity index (χ0v) is 22.3. The van der Waals surface area contributed by atoms with E-state index in [1.54, 1.807) is 7.05 Å². The van der Waals surface area contributed by atoms with E-state index in [2.05, 4.69) is 51.6 Å². The number of aryl methyl sites for hydroxylation is 1. The van der Waals surface area contributed by atoms with Crippen molar-refractivity contribution in [3.8, 4) is 11.3 Å². The Morgan fingerprint density at radius 2 is 2.03 bits per heavy atom. The lowest BCUT2D eigenvalue weighted by Gasteiger charge is -2.36. The zero-order chi connectivity index (χ0) is 26.0. The molecule has 1 aliphatic rings. The van der Waals surface area contributed by atoms with Crippen molar-refractivity contribution in [1.82, 2.24) is 25.1 Å². The van der Waals surface area contributed by atoms with Crippen LogP contribution in [0, 0.1) is 18.8 Å². The van der Waals surface area contributed by atoms with Crippen LogP contribution in [0.3, 0.4) is 0 Å². The molecule has 1 aliphatic heterocycles. The molecule has 0 radical (unpaired) electrons. The lowest BCUT2D eigenvalue weighted by molar-refractivity contribution is 0.0371. The van der Waals surface area contributed by atoms with Crippen LogP contribution in [0.25, 0.3) is 22.2 Å². The van der Waals surface area contributed by atoms with Crippen molar-refractivity contribution in [3.05, 3.63) is 42.2 Å². The summed E-state index contributed by atoms with van der Waals surface area (Å²) in [6.45, 7) is 11.6. The number of rotatable bonds is 5. The van der Waals surface area contributed by atoms with E-state index in [0.29, 0.717) is 11.9 Å².